The molecule has 0 saturated carbocycles. The summed E-state index contributed by atoms with van der Waals surface area (Å²) in [7, 11) is 0. The van der Waals surface area contributed by atoms with Crippen LogP contribution < -0.4 is 4.90 Å². The third-order valence-corrected chi connectivity index (χ3v) is 5.02. The van der Waals surface area contributed by atoms with Gasteiger partial charge in [0.15, 0.2) is 0 Å². The molecule has 0 bridgehead atoms. The van der Waals surface area contributed by atoms with Gasteiger partial charge in [0.25, 0.3) is 0 Å². The lowest BCUT2D eigenvalue weighted by atomic mass is 10.0. The molecule has 1 aliphatic heterocycles. The Morgan fingerprint density at radius 2 is 1.81 bits per heavy atom. The fourth-order valence-electron chi connectivity index (χ4n) is 3.42. The van der Waals surface area contributed by atoms with E-state index in [4.69, 9.17) is 16.6 Å². The van der Waals surface area contributed by atoms with Crippen molar-refractivity contribution >= 4 is 23.3 Å². The van der Waals surface area contributed by atoms with Crippen molar-refractivity contribution in [1.29, 1.82) is 0 Å². The predicted octanol–water partition coefficient (Wildman–Crippen LogP) is 2.83. The molecule has 0 radical (unpaired) electrons. The summed E-state index contributed by atoms with van der Waals surface area (Å²) in [5, 5.41) is 0. The van der Waals surface area contributed by atoms with E-state index in [-0.39, 0.29) is 11.8 Å². The van der Waals surface area contributed by atoms with E-state index in [1.807, 2.05) is 17.9 Å². The lowest BCUT2D eigenvalue weighted by Gasteiger charge is -2.36. The summed E-state index contributed by atoms with van der Waals surface area (Å²) in [5.41, 5.74) is 3.56. The first kappa shape index (κ1) is 18.6. The second kappa shape index (κ2) is 8.49. The zero-order chi connectivity index (χ0) is 18.5. The number of piperazine rings is 1. The van der Waals surface area contributed by atoms with Crippen LogP contribution in [0.5, 0.6) is 0 Å². The van der Waals surface area contributed by atoms with Crippen LogP contribution in [0.3, 0.4) is 0 Å². The highest BCUT2D eigenvalue weighted by Crippen LogP contribution is 2.26. The predicted molar refractivity (Wildman–Crippen MR) is 105 cm³/mol. The fourth-order valence-corrected chi connectivity index (χ4v) is 3.59. The van der Waals surface area contributed by atoms with Crippen LogP contribution in [-0.4, -0.2) is 52.8 Å². The Labute approximate surface area is 160 Å². The van der Waals surface area contributed by atoms with Crippen LogP contribution in [0.25, 0.3) is 0 Å². The van der Waals surface area contributed by atoms with Crippen LogP contribution in [-0.2, 0) is 17.6 Å². The molecule has 5 nitrogen and oxygen atoms in total. The van der Waals surface area contributed by atoms with Gasteiger partial charge in [-0.25, -0.2) is 9.97 Å². The summed E-state index contributed by atoms with van der Waals surface area (Å²) in [6, 6.07) is 10.4. The lowest BCUT2D eigenvalue weighted by Crippen LogP contribution is -2.49. The van der Waals surface area contributed by atoms with Crippen molar-refractivity contribution < 1.29 is 4.79 Å². The van der Waals surface area contributed by atoms with Gasteiger partial charge in [0, 0.05) is 43.9 Å². The Morgan fingerprint density at radius 3 is 2.42 bits per heavy atom. The van der Waals surface area contributed by atoms with Crippen molar-refractivity contribution in [3.8, 4) is 0 Å². The molecule has 1 aromatic carbocycles. The van der Waals surface area contributed by atoms with Crippen LogP contribution in [0.15, 0.2) is 30.3 Å². The van der Waals surface area contributed by atoms with E-state index in [1.165, 1.54) is 11.1 Å². The van der Waals surface area contributed by atoms with Crippen LogP contribution in [0, 0.1) is 6.92 Å². The average Bonchev–Trinajstić information content (AvgIpc) is 2.69. The minimum atomic E-state index is 0.00365. The molecule has 0 spiro atoms. The molecule has 0 unspecified atom stereocenters. The number of aromatic nitrogens is 2. The van der Waals surface area contributed by atoms with Crippen LogP contribution in [0.2, 0.25) is 0 Å². The molecule has 1 fully saturated rings. The number of aryl methyl sites for hydroxylation is 2. The highest BCUT2D eigenvalue weighted by molar-refractivity contribution is 6.27. The Kier molecular flexibility index (Phi) is 6.09. The van der Waals surface area contributed by atoms with Gasteiger partial charge in [-0.15, -0.1) is 11.6 Å². The lowest BCUT2D eigenvalue weighted by molar-refractivity contribution is -0.128. The Bertz CT molecular complexity index is 758. The standard InChI is InChI=1S/C20H25ClN4O/c1-3-18-17(13-16-7-5-4-6-8-16)20(23-15(2)22-18)25-11-9-24(10-12-25)19(26)14-21/h4-8H,3,9-14H2,1-2H3. The second-order valence-electron chi connectivity index (χ2n) is 6.54. The molecule has 0 atom stereocenters. The van der Waals surface area contributed by atoms with Gasteiger partial charge in [-0.1, -0.05) is 37.3 Å². The van der Waals surface area contributed by atoms with Gasteiger partial charge < -0.3 is 9.80 Å². The second-order valence-corrected chi connectivity index (χ2v) is 6.80. The van der Waals surface area contributed by atoms with Gasteiger partial charge in [-0.3, -0.25) is 4.79 Å². The summed E-state index contributed by atoms with van der Waals surface area (Å²) in [5.74, 6) is 1.86. The molecule has 1 amide bonds. The van der Waals surface area contributed by atoms with Gasteiger partial charge in [-0.05, 0) is 18.9 Å². The molecule has 2 aromatic rings. The van der Waals surface area contributed by atoms with E-state index in [2.05, 4.69) is 41.1 Å². The van der Waals surface area contributed by atoms with E-state index < -0.39 is 0 Å². The summed E-state index contributed by atoms with van der Waals surface area (Å²) in [4.78, 5) is 25.4. The van der Waals surface area contributed by atoms with Crippen molar-refractivity contribution in [3.63, 3.8) is 0 Å². The molecular weight excluding hydrogens is 348 g/mol. The topological polar surface area (TPSA) is 49.3 Å². The van der Waals surface area contributed by atoms with Crippen molar-refractivity contribution in [2.24, 2.45) is 0 Å². The molecule has 3 rings (SSSR count). The molecule has 138 valence electrons. The van der Waals surface area contributed by atoms with Gasteiger partial charge in [0.05, 0.1) is 0 Å². The molecule has 0 N–H and O–H groups in total. The number of carbonyl (C=O) groups is 1. The number of anilines is 1. The van der Waals surface area contributed by atoms with E-state index >= 15 is 0 Å². The van der Waals surface area contributed by atoms with Crippen molar-refractivity contribution in [3.05, 3.63) is 53.0 Å². The minimum Gasteiger partial charge on any atom is -0.353 e. The van der Waals surface area contributed by atoms with Crippen molar-refractivity contribution in [2.45, 2.75) is 26.7 Å². The number of alkyl halides is 1. The maximum atomic E-state index is 11.8. The number of carbonyl (C=O) groups excluding carboxylic acids is 1. The van der Waals surface area contributed by atoms with Gasteiger partial charge in [0.2, 0.25) is 5.91 Å². The summed E-state index contributed by atoms with van der Waals surface area (Å²) >= 11 is 5.69. The van der Waals surface area contributed by atoms with Gasteiger partial charge >= 0.3 is 0 Å². The molecule has 26 heavy (non-hydrogen) atoms. The molecule has 2 heterocycles. The summed E-state index contributed by atoms with van der Waals surface area (Å²) in [6.07, 6.45) is 1.70. The number of hydrogen-bond acceptors (Lipinski definition) is 4. The Morgan fingerprint density at radius 1 is 1.12 bits per heavy atom. The monoisotopic (exact) mass is 372 g/mol. The van der Waals surface area contributed by atoms with E-state index in [0.29, 0.717) is 13.1 Å². The van der Waals surface area contributed by atoms with E-state index in [9.17, 15) is 4.79 Å². The molecule has 1 aromatic heterocycles. The maximum Gasteiger partial charge on any atom is 0.237 e. The number of nitrogens with zero attached hydrogens (tertiary/aromatic N) is 4. The highest BCUT2D eigenvalue weighted by Gasteiger charge is 2.24. The van der Waals surface area contributed by atoms with Crippen molar-refractivity contribution in [1.82, 2.24) is 14.9 Å². The summed E-state index contributed by atoms with van der Waals surface area (Å²) < 4.78 is 0. The zero-order valence-electron chi connectivity index (χ0n) is 15.4. The summed E-state index contributed by atoms with van der Waals surface area (Å²) in [6.45, 7) is 6.98. The number of rotatable bonds is 5. The number of amides is 1. The van der Waals surface area contributed by atoms with Gasteiger partial charge in [0.1, 0.15) is 17.5 Å². The highest BCUT2D eigenvalue weighted by atomic mass is 35.5. The molecule has 1 aliphatic rings. The minimum absolute atomic E-state index is 0.00365. The van der Waals surface area contributed by atoms with Crippen molar-refractivity contribution in [2.75, 3.05) is 37.0 Å². The van der Waals surface area contributed by atoms with Crippen LogP contribution in [0.1, 0.15) is 29.6 Å². The molecular formula is C20H25ClN4O. The third-order valence-electron chi connectivity index (χ3n) is 4.79. The Hall–Kier alpha value is -2.14. The normalized spacial score (nSPS) is 14.6. The Balaban J connectivity index is 1.88. The van der Waals surface area contributed by atoms with Crippen LogP contribution >= 0.6 is 11.6 Å². The smallest absolute Gasteiger partial charge is 0.237 e. The average molecular weight is 373 g/mol. The first-order valence-electron chi connectivity index (χ1n) is 9.11. The fraction of sp³-hybridized carbons (Fsp3) is 0.450. The van der Waals surface area contributed by atoms with Gasteiger partial charge in [-0.2, -0.15) is 0 Å². The number of halogens is 1. The largest absolute Gasteiger partial charge is 0.353 e. The molecule has 6 heteroatoms. The van der Waals surface area contributed by atoms with E-state index in [1.54, 1.807) is 0 Å². The SMILES string of the molecule is CCc1nc(C)nc(N2CCN(C(=O)CCl)CC2)c1Cc1ccccc1. The first-order valence-corrected chi connectivity index (χ1v) is 9.64. The molecule has 1 saturated heterocycles. The van der Waals surface area contributed by atoms with Crippen LogP contribution in [0.4, 0.5) is 5.82 Å². The molecule has 0 aliphatic carbocycles. The number of hydrogen-bond donors (Lipinski definition) is 0. The quantitative estimate of drug-likeness (QED) is 0.757. The first-order chi connectivity index (χ1) is 12.6. The third kappa shape index (κ3) is 4.15. The number of benzene rings is 1. The zero-order valence-corrected chi connectivity index (χ0v) is 16.2. The van der Waals surface area contributed by atoms with E-state index in [0.717, 1.165) is 43.3 Å². The maximum absolute atomic E-state index is 11.8.